The Labute approximate surface area is 149 Å². The Morgan fingerprint density at radius 2 is 1.64 bits per heavy atom. The van der Waals surface area contributed by atoms with Crippen LogP contribution < -0.4 is 4.90 Å². The van der Waals surface area contributed by atoms with Crippen molar-refractivity contribution in [2.75, 3.05) is 31.1 Å². The molecule has 3 heterocycles. The van der Waals surface area contributed by atoms with Gasteiger partial charge in [0, 0.05) is 38.1 Å². The maximum Gasteiger partial charge on any atom is 0.178 e. The molecule has 2 aliphatic carbocycles. The lowest BCUT2D eigenvalue weighted by Gasteiger charge is -2.42. The normalized spacial score (nSPS) is 28.6. The standard InChI is InChI=1S/C19H28N6/c1-14-2-6-16(7-3-14)23-10-12-24(13-11-23)18-9-8-17-20-21-19(15-4-5-15)25(17)22-18/h8-9,14-16H,2-7,10-13H2,1H3. The van der Waals surface area contributed by atoms with Gasteiger partial charge in [0.2, 0.25) is 0 Å². The van der Waals surface area contributed by atoms with Crippen LogP contribution in [0.3, 0.4) is 0 Å². The minimum absolute atomic E-state index is 0.572. The fourth-order valence-electron chi connectivity index (χ4n) is 4.48. The Balaban J connectivity index is 1.27. The predicted octanol–water partition coefficient (Wildman–Crippen LogP) is 2.70. The smallest absolute Gasteiger partial charge is 0.178 e. The lowest BCUT2D eigenvalue weighted by molar-refractivity contribution is 0.132. The second kappa shape index (κ2) is 6.24. The molecule has 0 radical (unpaired) electrons. The molecule has 0 atom stereocenters. The van der Waals surface area contributed by atoms with Crippen LogP contribution >= 0.6 is 0 Å². The van der Waals surface area contributed by atoms with Crippen molar-refractivity contribution in [2.24, 2.45) is 5.92 Å². The summed E-state index contributed by atoms with van der Waals surface area (Å²) in [6.45, 7) is 6.88. The number of hydrogen-bond acceptors (Lipinski definition) is 5. The molecular formula is C19H28N6. The summed E-state index contributed by atoms with van der Waals surface area (Å²) in [5.74, 6) is 3.62. The number of fused-ring (bicyclic) bond motifs is 1. The fourth-order valence-corrected chi connectivity index (χ4v) is 4.48. The van der Waals surface area contributed by atoms with Gasteiger partial charge in [0.1, 0.15) is 5.82 Å². The summed E-state index contributed by atoms with van der Waals surface area (Å²) in [5, 5.41) is 13.5. The summed E-state index contributed by atoms with van der Waals surface area (Å²) < 4.78 is 1.97. The largest absolute Gasteiger partial charge is 0.353 e. The molecule has 6 heteroatoms. The van der Waals surface area contributed by atoms with Gasteiger partial charge < -0.3 is 4.90 Å². The first-order valence-corrected chi connectivity index (χ1v) is 9.99. The first-order valence-electron chi connectivity index (χ1n) is 9.99. The van der Waals surface area contributed by atoms with Gasteiger partial charge in [-0.15, -0.1) is 15.3 Å². The molecule has 134 valence electrons. The molecule has 6 nitrogen and oxygen atoms in total. The summed E-state index contributed by atoms with van der Waals surface area (Å²) >= 11 is 0. The molecule has 2 saturated carbocycles. The van der Waals surface area contributed by atoms with Crippen LogP contribution in [0.5, 0.6) is 0 Å². The molecular weight excluding hydrogens is 312 g/mol. The first kappa shape index (κ1) is 15.6. The summed E-state index contributed by atoms with van der Waals surface area (Å²) in [5.41, 5.74) is 0.876. The second-order valence-electron chi connectivity index (χ2n) is 8.23. The summed E-state index contributed by atoms with van der Waals surface area (Å²) in [4.78, 5) is 5.15. The minimum Gasteiger partial charge on any atom is -0.353 e. The Hall–Kier alpha value is -1.69. The van der Waals surface area contributed by atoms with Gasteiger partial charge in [-0.2, -0.15) is 4.52 Å². The van der Waals surface area contributed by atoms with E-state index >= 15 is 0 Å². The number of aromatic nitrogens is 4. The third-order valence-corrected chi connectivity index (χ3v) is 6.36. The molecule has 0 unspecified atom stereocenters. The van der Waals surface area contributed by atoms with Crippen LogP contribution in [0.25, 0.3) is 5.65 Å². The van der Waals surface area contributed by atoms with E-state index in [0.717, 1.165) is 55.4 Å². The summed E-state index contributed by atoms with van der Waals surface area (Å²) in [7, 11) is 0. The van der Waals surface area contributed by atoms with Crippen LogP contribution in [0.2, 0.25) is 0 Å². The van der Waals surface area contributed by atoms with Gasteiger partial charge >= 0.3 is 0 Å². The molecule has 0 amide bonds. The lowest BCUT2D eigenvalue weighted by atomic mass is 9.86. The van der Waals surface area contributed by atoms with E-state index in [0.29, 0.717) is 5.92 Å². The number of hydrogen-bond donors (Lipinski definition) is 0. The number of nitrogens with zero attached hydrogens (tertiary/aromatic N) is 6. The van der Waals surface area contributed by atoms with Crippen molar-refractivity contribution < 1.29 is 0 Å². The van der Waals surface area contributed by atoms with Crippen LogP contribution in [-0.4, -0.2) is 56.9 Å². The van der Waals surface area contributed by atoms with Crippen LogP contribution in [0.1, 0.15) is 57.2 Å². The lowest BCUT2D eigenvalue weighted by Crippen LogP contribution is -2.51. The van der Waals surface area contributed by atoms with E-state index in [1.54, 1.807) is 0 Å². The third kappa shape index (κ3) is 3.01. The predicted molar refractivity (Wildman–Crippen MR) is 98.0 cm³/mol. The van der Waals surface area contributed by atoms with Gasteiger partial charge in [0.15, 0.2) is 11.5 Å². The van der Waals surface area contributed by atoms with Crippen molar-refractivity contribution in [3.8, 4) is 0 Å². The third-order valence-electron chi connectivity index (χ3n) is 6.36. The average Bonchev–Trinajstić information content (AvgIpc) is 3.41. The first-order chi connectivity index (χ1) is 12.3. The van der Waals surface area contributed by atoms with E-state index in [2.05, 4.69) is 39.1 Å². The van der Waals surface area contributed by atoms with E-state index in [1.165, 1.54) is 38.5 Å². The maximum absolute atomic E-state index is 4.87. The number of rotatable bonds is 3. The Morgan fingerprint density at radius 1 is 0.880 bits per heavy atom. The van der Waals surface area contributed by atoms with Gasteiger partial charge in [-0.1, -0.05) is 6.92 Å². The molecule has 1 aliphatic heterocycles. The molecule has 3 aliphatic rings. The highest BCUT2D eigenvalue weighted by molar-refractivity contribution is 5.46. The average molecular weight is 340 g/mol. The van der Waals surface area contributed by atoms with Crippen LogP contribution in [0.15, 0.2) is 12.1 Å². The molecule has 2 aromatic rings. The highest BCUT2D eigenvalue weighted by Crippen LogP contribution is 2.38. The number of piperazine rings is 1. The zero-order chi connectivity index (χ0) is 16.8. The summed E-state index contributed by atoms with van der Waals surface area (Å²) in [6, 6.07) is 4.99. The van der Waals surface area contributed by atoms with E-state index < -0.39 is 0 Å². The van der Waals surface area contributed by atoms with Gasteiger partial charge in [-0.3, -0.25) is 4.90 Å². The highest BCUT2D eigenvalue weighted by Gasteiger charge is 2.30. The highest BCUT2D eigenvalue weighted by atomic mass is 15.4. The van der Waals surface area contributed by atoms with Crippen molar-refractivity contribution >= 4 is 11.5 Å². The Kier molecular flexibility index (Phi) is 3.88. The molecule has 1 saturated heterocycles. The molecule has 25 heavy (non-hydrogen) atoms. The van der Waals surface area contributed by atoms with Crippen LogP contribution in [0, 0.1) is 5.92 Å². The zero-order valence-electron chi connectivity index (χ0n) is 15.1. The zero-order valence-corrected chi connectivity index (χ0v) is 15.1. The van der Waals surface area contributed by atoms with Crippen LogP contribution in [0.4, 0.5) is 5.82 Å². The molecule has 0 bridgehead atoms. The fraction of sp³-hybridized carbons (Fsp3) is 0.737. The van der Waals surface area contributed by atoms with E-state index in [-0.39, 0.29) is 0 Å². The van der Waals surface area contributed by atoms with Crippen molar-refractivity contribution in [1.82, 2.24) is 24.7 Å². The minimum atomic E-state index is 0.572. The topological polar surface area (TPSA) is 49.6 Å². The van der Waals surface area contributed by atoms with E-state index in [4.69, 9.17) is 5.10 Å². The number of anilines is 1. The SMILES string of the molecule is CC1CCC(N2CCN(c3ccc4nnc(C5CC5)n4n3)CC2)CC1. The van der Waals surface area contributed by atoms with E-state index in [9.17, 15) is 0 Å². The maximum atomic E-state index is 4.87. The second-order valence-corrected chi connectivity index (χ2v) is 8.23. The van der Waals surface area contributed by atoms with Crippen molar-refractivity contribution in [2.45, 2.75) is 57.4 Å². The van der Waals surface area contributed by atoms with Crippen molar-refractivity contribution in [3.05, 3.63) is 18.0 Å². The molecule has 3 fully saturated rings. The molecule has 2 aromatic heterocycles. The van der Waals surface area contributed by atoms with Gasteiger partial charge in [-0.05, 0) is 56.6 Å². The molecule has 5 rings (SSSR count). The Morgan fingerprint density at radius 3 is 2.36 bits per heavy atom. The van der Waals surface area contributed by atoms with Crippen molar-refractivity contribution in [1.29, 1.82) is 0 Å². The van der Waals surface area contributed by atoms with Gasteiger partial charge in [0.05, 0.1) is 0 Å². The molecule has 0 aromatic carbocycles. The Bertz CT molecular complexity index is 735. The van der Waals surface area contributed by atoms with E-state index in [1.807, 2.05) is 4.52 Å². The molecule has 0 spiro atoms. The monoisotopic (exact) mass is 340 g/mol. The van der Waals surface area contributed by atoms with Gasteiger partial charge in [0.25, 0.3) is 0 Å². The molecule has 0 N–H and O–H groups in total. The van der Waals surface area contributed by atoms with Crippen LogP contribution in [-0.2, 0) is 0 Å². The quantitative estimate of drug-likeness (QED) is 0.860. The summed E-state index contributed by atoms with van der Waals surface area (Å²) in [6.07, 6.45) is 8.03. The van der Waals surface area contributed by atoms with Crippen molar-refractivity contribution in [3.63, 3.8) is 0 Å². The van der Waals surface area contributed by atoms with Gasteiger partial charge in [-0.25, -0.2) is 0 Å².